The highest BCUT2D eigenvalue weighted by Gasteiger charge is 2.12. The topological polar surface area (TPSA) is 29.1 Å². The summed E-state index contributed by atoms with van der Waals surface area (Å²) in [4.78, 5) is 12.1. The fraction of sp³-hybridized carbons (Fsp3) is 0.438. The first-order valence-corrected chi connectivity index (χ1v) is 7.60. The highest BCUT2D eigenvalue weighted by molar-refractivity contribution is 9.10. The van der Waals surface area contributed by atoms with Gasteiger partial charge in [-0.3, -0.25) is 4.79 Å². The minimum absolute atomic E-state index is 0.0841. The minimum atomic E-state index is 0.0841. The molecule has 3 heteroatoms. The molecule has 0 heterocycles. The lowest BCUT2D eigenvalue weighted by molar-refractivity contribution is -0.115. The summed E-state index contributed by atoms with van der Waals surface area (Å²) in [6.07, 6.45) is 7.41. The Balaban J connectivity index is 2.04. The van der Waals surface area contributed by atoms with E-state index in [-0.39, 0.29) is 5.91 Å². The number of aryl methyl sites for hydroxylation is 2. The molecule has 19 heavy (non-hydrogen) atoms. The van der Waals surface area contributed by atoms with E-state index in [4.69, 9.17) is 0 Å². The molecule has 2 nitrogen and oxygen atoms in total. The summed E-state index contributed by atoms with van der Waals surface area (Å²) in [7, 11) is 0. The van der Waals surface area contributed by atoms with Gasteiger partial charge in [0, 0.05) is 10.9 Å². The number of carbonyl (C=O) groups is 1. The molecule has 0 aromatic heterocycles. The third kappa shape index (κ3) is 3.93. The maximum absolute atomic E-state index is 12.1. The quantitative estimate of drug-likeness (QED) is 0.788. The van der Waals surface area contributed by atoms with Gasteiger partial charge in [0.25, 0.3) is 0 Å². The number of nitrogens with one attached hydrogen (secondary N) is 1. The van der Waals surface area contributed by atoms with Crippen molar-refractivity contribution in [2.24, 2.45) is 0 Å². The van der Waals surface area contributed by atoms with Crippen LogP contribution in [0.2, 0.25) is 0 Å². The maximum Gasteiger partial charge on any atom is 0.228 e. The Morgan fingerprint density at radius 2 is 2.11 bits per heavy atom. The molecule has 1 aliphatic rings. The first kappa shape index (κ1) is 14.3. The minimum Gasteiger partial charge on any atom is -0.325 e. The number of hydrogen-bond acceptors (Lipinski definition) is 1. The smallest absolute Gasteiger partial charge is 0.228 e. The van der Waals surface area contributed by atoms with Gasteiger partial charge in [0.15, 0.2) is 0 Å². The molecule has 0 saturated carbocycles. The summed E-state index contributed by atoms with van der Waals surface area (Å²) < 4.78 is 0.955. The van der Waals surface area contributed by atoms with E-state index in [1.807, 2.05) is 13.0 Å². The lowest BCUT2D eigenvalue weighted by Gasteiger charge is -2.15. The number of carbonyl (C=O) groups excluding carboxylic acids is 1. The molecule has 2 rings (SSSR count). The second kappa shape index (κ2) is 6.38. The molecular formula is C16H20BrNO. The number of anilines is 1. The van der Waals surface area contributed by atoms with Gasteiger partial charge in [-0.15, -0.1) is 0 Å². The average Bonchev–Trinajstić information content (AvgIpc) is 2.35. The molecule has 0 radical (unpaired) electrons. The molecule has 1 amide bonds. The molecule has 0 atom stereocenters. The molecule has 102 valence electrons. The average molecular weight is 322 g/mol. The number of halogens is 1. The molecule has 0 unspecified atom stereocenters. The van der Waals surface area contributed by atoms with Crippen LogP contribution in [0, 0.1) is 13.8 Å². The molecule has 1 aliphatic carbocycles. The normalized spacial score (nSPS) is 15.0. The number of rotatable bonds is 3. The maximum atomic E-state index is 12.1. The zero-order chi connectivity index (χ0) is 13.8. The zero-order valence-electron chi connectivity index (χ0n) is 11.6. The van der Waals surface area contributed by atoms with E-state index in [0.29, 0.717) is 6.42 Å². The Labute approximate surface area is 123 Å². The SMILES string of the molecule is Cc1cc(C)c(NC(=O)CC2=CCCCC2)c(Br)c1. The van der Waals surface area contributed by atoms with Crippen molar-refractivity contribution in [1.29, 1.82) is 0 Å². The standard InChI is InChI=1S/C16H20BrNO/c1-11-8-12(2)16(14(17)9-11)18-15(19)10-13-6-4-3-5-7-13/h6,8-9H,3-5,7,10H2,1-2H3,(H,18,19). The first-order valence-electron chi connectivity index (χ1n) is 6.81. The summed E-state index contributed by atoms with van der Waals surface area (Å²) in [6, 6.07) is 4.11. The molecule has 0 spiro atoms. The third-order valence-electron chi connectivity index (χ3n) is 3.47. The summed E-state index contributed by atoms with van der Waals surface area (Å²) in [6.45, 7) is 4.07. The highest BCUT2D eigenvalue weighted by atomic mass is 79.9. The fourth-order valence-electron chi connectivity index (χ4n) is 2.53. The van der Waals surface area contributed by atoms with Crippen molar-refractivity contribution in [3.05, 3.63) is 39.4 Å². The molecule has 1 aromatic rings. The van der Waals surface area contributed by atoms with Crippen molar-refractivity contribution in [3.63, 3.8) is 0 Å². The van der Waals surface area contributed by atoms with E-state index >= 15 is 0 Å². The second-order valence-corrected chi connectivity index (χ2v) is 6.13. The van der Waals surface area contributed by atoms with Gasteiger partial charge in [0.05, 0.1) is 5.69 Å². The summed E-state index contributed by atoms with van der Waals surface area (Å²) in [5.74, 6) is 0.0841. The van der Waals surface area contributed by atoms with Gasteiger partial charge < -0.3 is 5.32 Å². The third-order valence-corrected chi connectivity index (χ3v) is 4.09. The number of hydrogen-bond donors (Lipinski definition) is 1. The summed E-state index contributed by atoms with van der Waals surface area (Å²) in [5, 5.41) is 3.03. The van der Waals surface area contributed by atoms with Crippen molar-refractivity contribution in [3.8, 4) is 0 Å². The molecule has 0 saturated heterocycles. The summed E-state index contributed by atoms with van der Waals surface area (Å²) >= 11 is 3.52. The van der Waals surface area contributed by atoms with E-state index in [0.717, 1.165) is 28.6 Å². The van der Waals surface area contributed by atoms with Crippen LogP contribution in [-0.4, -0.2) is 5.91 Å². The van der Waals surface area contributed by atoms with Crippen molar-refractivity contribution < 1.29 is 4.79 Å². The van der Waals surface area contributed by atoms with E-state index in [2.05, 4.69) is 40.3 Å². The van der Waals surface area contributed by atoms with Crippen LogP contribution in [-0.2, 0) is 4.79 Å². The Kier molecular flexibility index (Phi) is 4.81. The van der Waals surface area contributed by atoms with Crippen LogP contribution in [0.1, 0.15) is 43.2 Å². The van der Waals surface area contributed by atoms with E-state index in [1.165, 1.54) is 24.0 Å². The van der Waals surface area contributed by atoms with Gasteiger partial charge >= 0.3 is 0 Å². The Morgan fingerprint density at radius 1 is 1.32 bits per heavy atom. The van der Waals surface area contributed by atoms with Crippen LogP contribution in [0.15, 0.2) is 28.3 Å². The first-order chi connectivity index (χ1) is 9.06. The van der Waals surface area contributed by atoms with Crippen LogP contribution >= 0.6 is 15.9 Å². The lowest BCUT2D eigenvalue weighted by atomic mass is 9.97. The monoisotopic (exact) mass is 321 g/mol. The van der Waals surface area contributed by atoms with E-state index in [9.17, 15) is 4.79 Å². The predicted molar refractivity (Wildman–Crippen MR) is 83.4 cm³/mol. The highest BCUT2D eigenvalue weighted by Crippen LogP contribution is 2.28. The Morgan fingerprint density at radius 3 is 2.74 bits per heavy atom. The van der Waals surface area contributed by atoms with Gasteiger partial charge in [0.2, 0.25) is 5.91 Å². The zero-order valence-corrected chi connectivity index (χ0v) is 13.1. The van der Waals surface area contributed by atoms with Crippen LogP contribution in [0.3, 0.4) is 0 Å². The Bertz CT molecular complexity index is 496. The molecular weight excluding hydrogens is 302 g/mol. The number of amides is 1. The lowest BCUT2D eigenvalue weighted by Crippen LogP contribution is -2.14. The van der Waals surface area contributed by atoms with Crippen molar-refractivity contribution in [1.82, 2.24) is 0 Å². The summed E-state index contributed by atoms with van der Waals surface area (Å²) in [5.41, 5.74) is 4.46. The van der Waals surface area contributed by atoms with Crippen molar-refractivity contribution >= 4 is 27.5 Å². The van der Waals surface area contributed by atoms with Gasteiger partial charge in [-0.25, -0.2) is 0 Å². The fourth-order valence-corrected chi connectivity index (χ4v) is 3.30. The van der Waals surface area contributed by atoms with Crippen molar-refractivity contribution in [2.75, 3.05) is 5.32 Å². The van der Waals surface area contributed by atoms with E-state index < -0.39 is 0 Å². The largest absolute Gasteiger partial charge is 0.325 e. The number of allylic oxidation sites excluding steroid dienone is 1. The van der Waals surface area contributed by atoms with Crippen LogP contribution in [0.25, 0.3) is 0 Å². The molecule has 1 aromatic carbocycles. The molecule has 1 N–H and O–H groups in total. The molecule has 0 fully saturated rings. The van der Waals surface area contributed by atoms with Crippen LogP contribution in [0.4, 0.5) is 5.69 Å². The Hall–Kier alpha value is -1.09. The van der Waals surface area contributed by atoms with Gasteiger partial charge in [0.1, 0.15) is 0 Å². The van der Waals surface area contributed by atoms with Gasteiger partial charge in [-0.2, -0.15) is 0 Å². The molecule has 0 aliphatic heterocycles. The van der Waals surface area contributed by atoms with Crippen LogP contribution in [0.5, 0.6) is 0 Å². The predicted octanol–water partition coefficient (Wildman–Crippen LogP) is 4.89. The number of benzene rings is 1. The van der Waals surface area contributed by atoms with Gasteiger partial charge in [-0.05, 0) is 72.7 Å². The van der Waals surface area contributed by atoms with Crippen LogP contribution < -0.4 is 5.32 Å². The van der Waals surface area contributed by atoms with Crippen molar-refractivity contribution in [2.45, 2.75) is 46.0 Å². The van der Waals surface area contributed by atoms with E-state index in [1.54, 1.807) is 0 Å². The molecule has 0 bridgehead atoms. The van der Waals surface area contributed by atoms with Gasteiger partial charge in [-0.1, -0.05) is 17.7 Å². The second-order valence-electron chi connectivity index (χ2n) is 5.27.